The molecule has 0 fully saturated rings. The van der Waals surface area contributed by atoms with Crippen molar-refractivity contribution in [2.24, 2.45) is 0 Å². The molecule has 0 saturated heterocycles. The van der Waals surface area contributed by atoms with Crippen LogP contribution in [0.1, 0.15) is 0 Å². The Morgan fingerprint density at radius 3 is 0.952 bits per heavy atom. The van der Waals surface area contributed by atoms with Gasteiger partial charge in [0.15, 0.2) is 11.6 Å². The maximum Gasteiger partial charge on any atom is 0.160 e. The molecule has 11 rings (SSSR count). The zero-order chi connectivity index (χ0) is 41.2. The van der Waals surface area contributed by atoms with Crippen molar-refractivity contribution in [2.75, 3.05) is 0 Å². The summed E-state index contributed by atoms with van der Waals surface area (Å²) in [4.78, 5) is 20.6. The molecule has 9 aromatic carbocycles. The summed E-state index contributed by atoms with van der Waals surface area (Å²) in [6.45, 7) is 0. The third kappa shape index (κ3) is 6.90. The van der Waals surface area contributed by atoms with Gasteiger partial charge >= 0.3 is 0 Å². The van der Waals surface area contributed by atoms with Crippen LogP contribution in [0.15, 0.2) is 231 Å². The molecule has 2 aromatic heterocycles. The van der Waals surface area contributed by atoms with E-state index in [0.717, 1.165) is 100.0 Å². The fourth-order valence-corrected chi connectivity index (χ4v) is 8.59. The molecular formula is C58H38N4. The van der Waals surface area contributed by atoms with Gasteiger partial charge in [-0.1, -0.05) is 206 Å². The second-order valence-corrected chi connectivity index (χ2v) is 15.4. The number of para-hydroxylation sites is 2. The Balaban J connectivity index is 1.18. The summed E-state index contributed by atoms with van der Waals surface area (Å²) in [7, 11) is 0. The molecule has 0 radical (unpaired) electrons. The van der Waals surface area contributed by atoms with Gasteiger partial charge in [0.05, 0.1) is 22.4 Å². The Hall–Kier alpha value is -8.34. The second-order valence-electron chi connectivity index (χ2n) is 15.4. The van der Waals surface area contributed by atoms with E-state index in [2.05, 4.69) is 182 Å². The Labute approximate surface area is 360 Å². The van der Waals surface area contributed by atoms with E-state index in [1.165, 1.54) is 0 Å². The Kier molecular flexibility index (Phi) is 9.49. The third-order valence-electron chi connectivity index (χ3n) is 11.5. The van der Waals surface area contributed by atoms with E-state index in [4.69, 9.17) is 19.9 Å². The van der Waals surface area contributed by atoms with Gasteiger partial charge in [0, 0.05) is 33.0 Å². The van der Waals surface area contributed by atoms with E-state index in [-0.39, 0.29) is 0 Å². The van der Waals surface area contributed by atoms with Gasteiger partial charge in [0.2, 0.25) is 0 Å². The Bertz CT molecular complexity index is 3160. The molecule has 0 spiro atoms. The topological polar surface area (TPSA) is 51.6 Å². The van der Waals surface area contributed by atoms with Crippen molar-refractivity contribution in [1.82, 2.24) is 19.9 Å². The standard InChI is InChI=1S/C58H38N4/c1-5-19-39(20-6-1)47-35-36-48(40-21-7-2-8-22-40)54(44-28-18-30-46(38-44)56-50-32-14-16-34-52(50)60-58(62-56)42-25-11-4-12-26-42)53(47)43-27-17-29-45(37-43)55-49-31-13-15-33-51(49)59-57(61-55)41-23-9-3-10-24-41/h1-38H. The first-order valence-corrected chi connectivity index (χ1v) is 20.9. The SMILES string of the molecule is c1ccc(-c2nc(-c3cccc(-c4c(-c5ccccc5)ccc(-c5ccccc5)c4-c4cccc(-c5nc(-c6ccccc6)nc6ccccc56)c4)c3)c3ccccc3n2)cc1. The van der Waals surface area contributed by atoms with Crippen LogP contribution < -0.4 is 0 Å². The van der Waals surface area contributed by atoms with Gasteiger partial charge in [-0.05, 0) is 68.8 Å². The van der Waals surface area contributed by atoms with Gasteiger partial charge < -0.3 is 0 Å². The first kappa shape index (κ1) is 36.7. The minimum atomic E-state index is 0.700. The largest absolute Gasteiger partial charge is 0.228 e. The first-order chi connectivity index (χ1) is 30.7. The van der Waals surface area contributed by atoms with Crippen LogP contribution in [0, 0.1) is 0 Å². The number of fused-ring (bicyclic) bond motifs is 2. The van der Waals surface area contributed by atoms with Crippen LogP contribution in [-0.4, -0.2) is 19.9 Å². The average molecular weight is 791 g/mol. The lowest BCUT2D eigenvalue weighted by atomic mass is 9.82. The fourth-order valence-electron chi connectivity index (χ4n) is 8.59. The molecule has 290 valence electrons. The number of benzene rings is 9. The molecule has 0 aliphatic heterocycles. The molecule has 0 unspecified atom stereocenters. The lowest BCUT2D eigenvalue weighted by Crippen LogP contribution is -1.98. The molecule has 0 bridgehead atoms. The van der Waals surface area contributed by atoms with Crippen LogP contribution in [0.25, 0.3) is 112 Å². The lowest BCUT2D eigenvalue weighted by Gasteiger charge is -2.22. The van der Waals surface area contributed by atoms with E-state index in [1.807, 2.05) is 48.5 Å². The van der Waals surface area contributed by atoms with Crippen molar-refractivity contribution in [1.29, 1.82) is 0 Å². The summed E-state index contributed by atoms with van der Waals surface area (Å²) < 4.78 is 0. The molecule has 0 N–H and O–H groups in total. The number of hydrogen-bond donors (Lipinski definition) is 0. The van der Waals surface area contributed by atoms with Crippen LogP contribution in [0.4, 0.5) is 0 Å². The van der Waals surface area contributed by atoms with Crippen LogP contribution in [-0.2, 0) is 0 Å². The summed E-state index contributed by atoms with van der Waals surface area (Å²) in [5.41, 5.74) is 16.6. The second kappa shape index (κ2) is 16.0. The van der Waals surface area contributed by atoms with Crippen molar-refractivity contribution >= 4 is 21.8 Å². The summed E-state index contributed by atoms with van der Waals surface area (Å²) >= 11 is 0. The van der Waals surface area contributed by atoms with Gasteiger partial charge in [-0.15, -0.1) is 0 Å². The van der Waals surface area contributed by atoms with Crippen LogP contribution in [0.2, 0.25) is 0 Å². The minimum Gasteiger partial charge on any atom is -0.228 e. The smallest absolute Gasteiger partial charge is 0.160 e. The molecule has 0 saturated carbocycles. The van der Waals surface area contributed by atoms with Gasteiger partial charge in [0.1, 0.15) is 0 Å². The monoisotopic (exact) mass is 790 g/mol. The van der Waals surface area contributed by atoms with Crippen molar-refractivity contribution in [2.45, 2.75) is 0 Å². The molecular weight excluding hydrogens is 753 g/mol. The van der Waals surface area contributed by atoms with E-state index in [0.29, 0.717) is 11.6 Å². The normalized spacial score (nSPS) is 11.2. The van der Waals surface area contributed by atoms with Crippen LogP contribution >= 0.6 is 0 Å². The number of nitrogens with zero attached hydrogens (tertiary/aromatic N) is 4. The molecule has 62 heavy (non-hydrogen) atoms. The highest BCUT2D eigenvalue weighted by Crippen LogP contribution is 2.47. The van der Waals surface area contributed by atoms with Gasteiger partial charge in [-0.2, -0.15) is 0 Å². The Morgan fingerprint density at radius 2 is 0.548 bits per heavy atom. The highest BCUT2D eigenvalue weighted by molar-refractivity contribution is 6.04. The highest BCUT2D eigenvalue weighted by atomic mass is 14.9. The van der Waals surface area contributed by atoms with E-state index < -0.39 is 0 Å². The van der Waals surface area contributed by atoms with Crippen molar-refractivity contribution in [3.05, 3.63) is 231 Å². The molecule has 0 amide bonds. The van der Waals surface area contributed by atoms with Crippen LogP contribution in [0.3, 0.4) is 0 Å². The quantitative estimate of drug-likeness (QED) is 0.154. The zero-order valence-electron chi connectivity index (χ0n) is 33.7. The Morgan fingerprint density at radius 1 is 0.226 bits per heavy atom. The van der Waals surface area contributed by atoms with Gasteiger partial charge in [-0.25, -0.2) is 19.9 Å². The van der Waals surface area contributed by atoms with Gasteiger partial charge in [-0.3, -0.25) is 0 Å². The summed E-state index contributed by atoms with van der Waals surface area (Å²) in [6.07, 6.45) is 0. The number of hydrogen-bond acceptors (Lipinski definition) is 4. The summed E-state index contributed by atoms with van der Waals surface area (Å²) in [5.74, 6) is 1.40. The summed E-state index contributed by atoms with van der Waals surface area (Å²) in [6, 6.07) is 80.7. The van der Waals surface area contributed by atoms with Crippen molar-refractivity contribution in [3.63, 3.8) is 0 Å². The highest BCUT2D eigenvalue weighted by Gasteiger charge is 2.22. The lowest BCUT2D eigenvalue weighted by molar-refractivity contribution is 1.23. The molecule has 4 nitrogen and oxygen atoms in total. The maximum atomic E-state index is 5.28. The molecule has 0 aliphatic carbocycles. The average Bonchev–Trinajstić information content (AvgIpc) is 3.36. The first-order valence-electron chi connectivity index (χ1n) is 20.9. The number of aromatic nitrogens is 4. The van der Waals surface area contributed by atoms with Crippen LogP contribution in [0.5, 0.6) is 0 Å². The minimum absolute atomic E-state index is 0.700. The zero-order valence-corrected chi connectivity index (χ0v) is 33.7. The predicted octanol–water partition coefficient (Wildman–Crippen LogP) is 14.9. The third-order valence-corrected chi connectivity index (χ3v) is 11.5. The van der Waals surface area contributed by atoms with E-state index in [9.17, 15) is 0 Å². The molecule has 11 aromatic rings. The summed E-state index contributed by atoms with van der Waals surface area (Å²) in [5, 5.41) is 2.01. The molecule has 4 heteroatoms. The molecule has 2 heterocycles. The maximum absolute atomic E-state index is 5.28. The predicted molar refractivity (Wildman–Crippen MR) is 256 cm³/mol. The molecule has 0 atom stereocenters. The van der Waals surface area contributed by atoms with Crippen molar-refractivity contribution in [3.8, 4) is 89.8 Å². The van der Waals surface area contributed by atoms with Crippen molar-refractivity contribution < 1.29 is 0 Å². The van der Waals surface area contributed by atoms with Gasteiger partial charge in [0.25, 0.3) is 0 Å². The van der Waals surface area contributed by atoms with E-state index >= 15 is 0 Å². The fraction of sp³-hybridized carbons (Fsp3) is 0. The molecule has 0 aliphatic rings. The number of rotatable bonds is 8. The van der Waals surface area contributed by atoms with E-state index in [1.54, 1.807) is 0 Å².